The number of piperidine rings is 1. The predicted octanol–water partition coefficient (Wildman–Crippen LogP) is 3.24. The van der Waals surface area contributed by atoms with E-state index in [0.29, 0.717) is 5.92 Å². The maximum atomic E-state index is 11.0. The molecule has 0 bridgehead atoms. The number of amides is 1. The predicted molar refractivity (Wildman–Crippen MR) is 94.5 cm³/mol. The number of hydrogen-bond donors (Lipinski definition) is 1. The van der Waals surface area contributed by atoms with Crippen LogP contribution >= 0.6 is 11.8 Å². The molecule has 1 aliphatic heterocycles. The van der Waals surface area contributed by atoms with Gasteiger partial charge in [-0.3, -0.25) is 4.79 Å². The molecule has 1 heterocycles. The minimum atomic E-state index is 0.0856. The lowest BCUT2D eigenvalue weighted by Gasteiger charge is -2.32. The maximum absolute atomic E-state index is 11.0. The van der Waals surface area contributed by atoms with Crippen molar-refractivity contribution in [3.63, 3.8) is 0 Å². The molecule has 1 fully saturated rings. The number of nitrogens with one attached hydrogen (secondary N) is 1. The fraction of sp³-hybridized carbons (Fsp3) is 0.611. The summed E-state index contributed by atoms with van der Waals surface area (Å²) in [6, 6.07) is 6.72. The summed E-state index contributed by atoms with van der Waals surface area (Å²) in [6.07, 6.45) is 2.49. The summed E-state index contributed by atoms with van der Waals surface area (Å²) in [6.45, 7) is 10.2. The van der Waals surface area contributed by atoms with Gasteiger partial charge in [0.2, 0.25) is 5.91 Å². The number of nitrogens with zero attached hydrogens (tertiary/aromatic N) is 1. The van der Waals surface area contributed by atoms with Gasteiger partial charge in [0.1, 0.15) is 0 Å². The van der Waals surface area contributed by atoms with Crippen LogP contribution in [0.5, 0.6) is 0 Å². The lowest BCUT2D eigenvalue weighted by molar-refractivity contribution is -0.119. The molecule has 22 heavy (non-hydrogen) atoms. The molecule has 3 nitrogen and oxygen atoms in total. The first kappa shape index (κ1) is 17.4. The van der Waals surface area contributed by atoms with Crippen molar-refractivity contribution in [2.45, 2.75) is 38.5 Å². The van der Waals surface area contributed by atoms with Gasteiger partial charge >= 0.3 is 0 Å². The third-order valence-electron chi connectivity index (χ3n) is 4.40. The fourth-order valence-electron chi connectivity index (χ4n) is 2.91. The second-order valence-corrected chi connectivity index (χ2v) is 7.51. The number of carbonyl (C=O) groups excluding carboxylic acids is 1. The van der Waals surface area contributed by atoms with E-state index in [4.69, 9.17) is 0 Å². The molecule has 1 aromatic carbocycles. The van der Waals surface area contributed by atoms with Gasteiger partial charge in [0, 0.05) is 37.2 Å². The minimum Gasteiger partial charge on any atom is -0.356 e. The van der Waals surface area contributed by atoms with Crippen molar-refractivity contribution in [2.75, 3.05) is 31.9 Å². The zero-order chi connectivity index (χ0) is 15.9. The Bertz CT molecular complexity index is 504. The second kappa shape index (κ2) is 8.59. The largest absolute Gasteiger partial charge is 0.356 e. The van der Waals surface area contributed by atoms with E-state index in [1.54, 1.807) is 6.92 Å². The number of carbonyl (C=O) groups is 1. The quantitative estimate of drug-likeness (QED) is 0.817. The molecule has 0 aromatic heterocycles. The molecule has 1 saturated heterocycles. The first-order valence-electron chi connectivity index (χ1n) is 8.21. The van der Waals surface area contributed by atoms with Crippen molar-refractivity contribution in [1.29, 1.82) is 0 Å². The van der Waals surface area contributed by atoms with Crippen molar-refractivity contribution in [2.24, 2.45) is 5.92 Å². The van der Waals surface area contributed by atoms with Crippen LogP contribution in [0.2, 0.25) is 0 Å². The van der Waals surface area contributed by atoms with Crippen molar-refractivity contribution in [3.8, 4) is 0 Å². The Labute approximate surface area is 138 Å². The van der Waals surface area contributed by atoms with Gasteiger partial charge in [-0.05, 0) is 62.4 Å². The highest BCUT2D eigenvalue weighted by Gasteiger charge is 2.19. The summed E-state index contributed by atoms with van der Waals surface area (Å²) in [5.74, 6) is 1.83. The van der Waals surface area contributed by atoms with Gasteiger partial charge in [0.05, 0.1) is 0 Å². The van der Waals surface area contributed by atoms with Gasteiger partial charge in [-0.2, -0.15) is 0 Å². The molecule has 1 atom stereocenters. The molecular weight excluding hydrogens is 292 g/mol. The van der Waals surface area contributed by atoms with Crippen molar-refractivity contribution >= 4 is 17.7 Å². The third-order valence-corrected chi connectivity index (χ3v) is 5.37. The Kier molecular flexibility index (Phi) is 6.77. The summed E-state index contributed by atoms with van der Waals surface area (Å²) in [7, 11) is 0. The van der Waals surface area contributed by atoms with Gasteiger partial charge in [0.25, 0.3) is 0 Å². The molecule has 0 saturated carbocycles. The Morgan fingerprint density at radius 1 is 1.36 bits per heavy atom. The Balaban J connectivity index is 1.71. The lowest BCUT2D eigenvalue weighted by atomic mass is 9.98. The molecule has 1 aliphatic rings. The van der Waals surface area contributed by atoms with Crippen LogP contribution in [0.25, 0.3) is 0 Å². The van der Waals surface area contributed by atoms with E-state index < -0.39 is 0 Å². The van der Waals surface area contributed by atoms with Crippen LogP contribution in [-0.4, -0.2) is 42.7 Å². The van der Waals surface area contributed by atoms with E-state index >= 15 is 0 Å². The van der Waals surface area contributed by atoms with Crippen LogP contribution in [-0.2, 0) is 4.79 Å². The maximum Gasteiger partial charge on any atom is 0.216 e. The third kappa shape index (κ3) is 5.65. The minimum absolute atomic E-state index is 0.0856. The van der Waals surface area contributed by atoms with Crippen LogP contribution in [0.3, 0.4) is 0 Å². The fourth-order valence-corrected chi connectivity index (χ4v) is 3.91. The Hall–Kier alpha value is -1.00. The highest BCUT2D eigenvalue weighted by atomic mass is 32.2. The molecule has 1 aromatic rings. The number of aryl methyl sites for hydroxylation is 2. The van der Waals surface area contributed by atoms with E-state index in [-0.39, 0.29) is 5.91 Å². The number of benzene rings is 1. The molecule has 4 heteroatoms. The number of thioether (sulfide) groups is 1. The van der Waals surface area contributed by atoms with E-state index in [9.17, 15) is 4.79 Å². The van der Waals surface area contributed by atoms with Crippen LogP contribution < -0.4 is 5.32 Å². The standard InChI is InChI=1S/C18H28N2OS/c1-14-6-7-18(11-15(14)2)22-10-9-20-8-4-5-17(13-20)12-19-16(3)21/h6-7,11,17H,4-5,8-10,12-13H2,1-3H3,(H,19,21). The van der Waals surface area contributed by atoms with Crippen molar-refractivity contribution in [1.82, 2.24) is 10.2 Å². The second-order valence-electron chi connectivity index (χ2n) is 6.34. The zero-order valence-corrected chi connectivity index (χ0v) is 14.8. The summed E-state index contributed by atoms with van der Waals surface area (Å²) < 4.78 is 0. The molecule has 0 spiro atoms. The molecule has 1 N–H and O–H groups in total. The first-order valence-corrected chi connectivity index (χ1v) is 9.20. The van der Waals surface area contributed by atoms with Crippen molar-refractivity contribution < 1.29 is 4.79 Å². The highest BCUT2D eigenvalue weighted by Crippen LogP contribution is 2.22. The Morgan fingerprint density at radius 2 is 2.18 bits per heavy atom. The van der Waals surface area contributed by atoms with Crippen LogP contribution in [0.15, 0.2) is 23.1 Å². The van der Waals surface area contributed by atoms with E-state index in [0.717, 1.165) is 25.4 Å². The topological polar surface area (TPSA) is 32.3 Å². The van der Waals surface area contributed by atoms with Crippen LogP contribution in [0, 0.1) is 19.8 Å². The van der Waals surface area contributed by atoms with Crippen LogP contribution in [0.4, 0.5) is 0 Å². The summed E-state index contributed by atoms with van der Waals surface area (Å²) in [5, 5.41) is 2.96. The monoisotopic (exact) mass is 320 g/mol. The first-order chi connectivity index (χ1) is 10.5. The molecular formula is C18H28N2OS. The number of hydrogen-bond acceptors (Lipinski definition) is 3. The molecule has 122 valence electrons. The van der Waals surface area contributed by atoms with E-state index in [1.165, 1.54) is 35.4 Å². The van der Waals surface area contributed by atoms with E-state index in [1.807, 2.05) is 11.8 Å². The molecule has 1 unspecified atom stereocenters. The van der Waals surface area contributed by atoms with Gasteiger partial charge in [-0.15, -0.1) is 11.8 Å². The SMILES string of the molecule is CC(=O)NCC1CCCN(CCSc2ccc(C)c(C)c2)C1. The molecule has 0 radical (unpaired) electrons. The average molecular weight is 321 g/mol. The zero-order valence-electron chi connectivity index (χ0n) is 14.0. The number of rotatable bonds is 6. The highest BCUT2D eigenvalue weighted by molar-refractivity contribution is 7.99. The number of likely N-dealkylation sites (tertiary alicyclic amines) is 1. The summed E-state index contributed by atoms with van der Waals surface area (Å²) in [4.78, 5) is 14.9. The normalized spacial score (nSPS) is 19.1. The van der Waals surface area contributed by atoms with Gasteiger partial charge in [-0.25, -0.2) is 0 Å². The van der Waals surface area contributed by atoms with E-state index in [2.05, 4.69) is 42.3 Å². The van der Waals surface area contributed by atoms with Crippen LogP contribution in [0.1, 0.15) is 30.9 Å². The summed E-state index contributed by atoms with van der Waals surface area (Å²) >= 11 is 1.95. The van der Waals surface area contributed by atoms with Gasteiger partial charge < -0.3 is 10.2 Å². The smallest absolute Gasteiger partial charge is 0.216 e. The molecule has 0 aliphatic carbocycles. The van der Waals surface area contributed by atoms with Crippen molar-refractivity contribution in [3.05, 3.63) is 29.3 Å². The molecule has 2 rings (SSSR count). The average Bonchev–Trinajstić information content (AvgIpc) is 2.49. The Morgan fingerprint density at radius 3 is 2.91 bits per heavy atom. The van der Waals surface area contributed by atoms with Gasteiger partial charge in [-0.1, -0.05) is 6.07 Å². The summed E-state index contributed by atoms with van der Waals surface area (Å²) in [5.41, 5.74) is 2.74. The van der Waals surface area contributed by atoms with Gasteiger partial charge in [0.15, 0.2) is 0 Å². The molecule has 1 amide bonds. The lowest BCUT2D eigenvalue weighted by Crippen LogP contribution is -2.41.